The molecule has 0 aromatic heterocycles. The molecule has 0 bridgehead atoms. The number of guanidine groups is 1. The van der Waals surface area contributed by atoms with Crippen LogP contribution in [0.4, 0.5) is 0 Å². The number of nitrogens with zero attached hydrogens (tertiary/aromatic N) is 3. The number of nitrogens with one attached hydrogen (secondary N) is 1. The van der Waals surface area contributed by atoms with Gasteiger partial charge in [0.1, 0.15) is 0 Å². The van der Waals surface area contributed by atoms with E-state index in [-0.39, 0.29) is 5.75 Å². The molecule has 1 aromatic rings. The SMILES string of the molecule is CCc1ccc(CN(C)C(=NC)NCCS(=O)(=O)N2CCSCC2)cc1. The Morgan fingerprint density at radius 3 is 2.42 bits per heavy atom. The van der Waals surface area contributed by atoms with Gasteiger partial charge in [0, 0.05) is 51.8 Å². The van der Waals surface area contributed by atoms with Gasteiger partial charge in [-0.05, 0) is 17.5 Å². The second-order valence-corrected chi connectivity index (χ2v) is 9.64. The highest BCUT2D eigenvalue weighted by molar-refractivity contribution is 7.99. The maximum atomic E-state index is 12.4. The molecule has 146 valence electrons. The zero-order valence-corrected chi connectivity index (χ0v) is 17.6. The molecule has 1 aliphatic rings. The first kappa shape index (κ1) is 21.1. The van der Waals surface area contributed by atoms with Crippen LogP contribution >= 0.6 is 11.8 Å². The molecular weight excluding hydrogens is 368 g/mol. The van der Waals surface area contributed by atoms with Crippen molar-refractivity contribution in [2.45, 2.75) is 19.9 Å². The summed E-state index contributed by atoms with van der Waals surface area (Å²) < 4.78 is 26.4. The van der Waals surface area contributed by atoms with Gasteiger partial charge in [-0.2, -0.15) is 11.8 Å². The van der Waals surface area contributed by atoms with Crippen LogP contribution in [0.25, 0.3) is 0 Å². The van der Waals surface area contributed by atoms with Crippen molar-refractivity contribution in [3.05, 3.63) is 35.4 Å². The van der Waals surface area contributed by atoms with Crippen LogP contribution in [0.5, 0.6) is 0 Å². The molecule has 0 aliphatic carbocycles. The van der Waals surface area contributed by atoms with Crippen LogP contribution in [0.2, 0.25) is 0 Å². The van der Waals surface area contributed by atoms with E-state index in [1.165, 1.54) is 11.1 Å². The highest BCUT2D eigenvalue weighted by atomic mass is 32.2. The first-order chi connectivity index (χ1) is 12.5. The summed E-state index contributed by atoms with van der Waals surface area (Å²) in [5, 5.41) is 3.17. The van der Waals surface area contributed by atoms with Crippen molar-refractivity contribution in [2.75, 3.05) is 51.0 Å². The van der Waals surface area contributed by atoms with E-state index in [1.54, 1.807) is 23.1 Å². The van der Waals surface area contributed by atoms with Gasteiger partial charge in [-0.3, -0.25) is 4.99 Å². The first-order valence-corrected chi connectivity index (χ1v) is 11.8. The second kappa shape index (κ2) is 10.2. The summed E-state index contributed by atoms with van der Waals surface area (Å²) in [6.45, 7) is 4.46. The smallest absolute Gasteiger partial charge is 0.215 e. The topological polar surface area (TPSA) is 65.0 Å². The highest BCUT2D eigenvalue weighted by Gasteiger charge is 2.23. The van der Waals surface area contributed by atoms with Crippen LogP contribution in [0.3, 0.4) is 0 Å². The molecule has 1 aliphatic heterocycles. The van der Waals surface area contributed by atoms with Crippen LogP contribution in [-0.4, -0.2) is 74.6 Å². The lowest BCUT2D eigenvalue weighted by molar-refractivity contribution is 0.442. The van der Waals surface area contributed by atoms with Crippen molar-refractivity contribution in [3.63, 3.8) is 0 Å². The van der Waals surface area contributed by atoms with E-state index >= 15 is 0 Å². The number of aliphatic imine (C=N–C) groups is 1. The minimum atomic E-state index is -3.20. The Bertz CT molecular complexity index is 684. The second-order valence-electron chi connectivity index (χ2n) is 6.33. The predicted octanol–water partition coefficient (Wildman–Crippen LogP) is 1.63. The van der Waals surface area contributed by atoms with Crippen LogP contribution in [0.1, 0.15) is 18.1 Å². The summed E-state index contributed by atoms with van der Waals surface area (Å²) in [5.74, 6) is 2.56. The van der Waals surface area contributed by atoms with Crippen molar-refractivity contribution < 1.29 is 8.42 Å². The molecular formula is C18H30N4O2S2. The maximum Gasteiger partial charge on any atom is 0.215 e. The van der Waals surface area contributed by atoms with Crippen molar-refractivity contribution in [1.82, 2.24) is 14.5 Å². The fraction of sp³-hybridized carbons (Fsp3) is 0.611. The Labute approximate surface area is 162 Å². The van der Waals surface area contributed by atoms with Crippen molar-refractivity contribution >= 4 is 27.7 Å². The summed E-state index contributed by atoms with van der Waals surface area (Å²) >= 11 is 1.81. The Balaban J connectivity index is 1.84. The molecule has 1 aromatic carbocycles. The molecule has 6 nitrogen and oxygen atoms in total. The normalized spacial score (nSPS) is 16.5. The van der Waals surface area contributed by atoms with E-state index in [0.29, 0.717) is 25.6 Å². The van der Waals surface area contributed by atoms with Gasteiger partial charge in [-0.15, -0.1) is 0 Å². The number of sulfonamides is 1. The third-order valence-corrected chi connectivity index (χ3v) is 7.25. The van der Waals surface area contributed by atoms with Crippen LogP contribution in [-0.2, 0) is 23.0 Å². The van der Waals surface area contributed by atoms with Gasteiger partial charge in [-0.1, -0.05) is 31.2 Å². The van der Waals surface area contributed by atoms with Crippen LogP contribution in [0.15, 0.2) is 29.3 Å². The molecule has 1 saturated heterocycles. The number of hydrogen-bond acceptors (Lipinski definition) is 4. The summed E-state index contributed by atoms with van der Waals surface area (Å²) in [4.78, 5) is 6.27. The molecule has 0 radical (unpaired) electrons. The molecule has 8 heteroatoms. The predicted molar refractivity (Wildman–Crippen MR) is 111 cm³/mol. The third kappa shape index (κ3) is 6.17. The molecule has 0 atom stereocenters. The summed E-state index contributed by atoms with van der Waals surface area (Å²) in [5.41, 5.74) is 2.52. The number of benzene rings is 1. The fourth-order valence-electron chi connectivity index (χ4n) is 2.86. The van der Waals surface area contributed by atoms with Gasteiger partial charge in [0.25, 0.3) is 0 Å². The Morgan fingerprint density at radius 1 is 1.23 bits per heavy atom. The summed E-state index contributed by atoms with van der Waals surface area (Å²) in [6, 6.07) is 8.54. The van der Waals surface area contributed by atoms with E-state index < -0.39 is 10.0 Å². The average Bonchev–Trinajstić information content (AvgIpc) is 2.66. The largest absolute Gasteiger partial charge is 0.355 e. The summed E-state index contributed by atoms with van der Waals surface area (Å²) in [7, 11) is 0.480. The van der Waals surface area contributed by atoms with Gasteiger partial charge in [-0.25, -0.2) is 12.7 Å². The monoisotopic (exact) mass is 398 g/mol. The lowest BCUT2D eigenvalue weighted by Gasteiger charge is -2.26. The fourth-order valence-corrected chi connectivity index (χ4v) is 5.35. The maximum absolute atomic E-state index is 12.4. The molecule has 2 rings (SSSR count). The Morgan fingerprint density at radius 2 is 1.85 bits per heavy atom. The molecule has 0 spiro atoms. The number of aryl methyl sites for hydroxylation is 1. The quantitative estimate of drug-likeness (QED) is 0.559. The zero-order chi connectivity index (χ0) is 19.0. The minimum Gasteiger partial charge on any atom is -0.355 e. The molecule has 26 heavy (non-hydrogen) atoms. The van der Waals surface area contributed by atoms with Gasteiger partial charge in [0.2, 0.25) is 10.0 Å². The Kier molecular flexibility index (Phi) is 8.24. The molecule has 0 unspecified atom stereocenters. The van der Waals surface area contributed by atoms with E-state index in [4.69, 9.17) is 0 Å². The standard InChI is InChI=1S/C18H30N4O2S2/c1-4-16-5-7-17(8-6-16)15-21(3)18(19-2)20-9-14-26(23,24)22-10-12-25-13-11-22/h5-8H,4,9-15H2,1-3H3,(H,19,20). The van der Waals surface area contributed by atoms with E-state index in [9.17, 15) is 8.42 Å². The minimum absolute atomic E-state index is 0.0930. The molecule has 0 amide bonds. The number of rotatable bonds is 7. The first-order valence-electron chi connectivity index (χ1n) is 9.01. The van der Waals surface area contributed by atoms with Crippen molar-refractivity contribution in [1.29, 1.82) is 0 Å². The number of thioether (sulfide) groups is 1. The van der Waals surface area contributed by atoms with Crippen molar-refractivity contribution in [2.24, 2.45) is 4.99 Å². The highest BCUT2D eigenvalue weighted by Crippen LogP contribution is 2.13. The lowest BCUT2D eigenvalue weighted by Crippen LogP contribution is -2.44. The van der Waals surface area contributed by atoms with Gasteiger partial charge in [0.05, 0.1) is 5.75 Å². The third-order valence-electron chi connectivity index (χ3n) is 4.43. The van der Waals surface area contributed by atoms with E-state index in [0.717, 1.165) is 24.5 Å². The van der Waals surface area contributed by atoms with E-state index in [2.05, 4.69) is 41.5 Å². The van der Waals surface area contributed by atoms with E-state index in [1.807, 2.05) is 11.9 Å². The Hall–Kier alpha value is -1.25. The zero-order valence-electron chi connectivity index (χ0n) is 15.9. The van der Waals surface area contributed by atoms with Gasteiger partial charge >= 0.3 is 0 Å². The van der Waals surface area contributed by atoms with Gasteiger partial charge in [0.15, 0.2) is 5.96 Å². The molecule has 1 fully saturated rings. The van der Waals surface area contributed by atoms with Gasteiger partial charge < -0.3 is 10.2 Å². The molecule has 1 N–H and O–H groups in total. The molecule has 0 saturated carbocycles. The summed E-state index contributed by atoms with van der Waals surface area (Å²) in [6.07, 6.45) is 1.03. The lowest BCUT2D eigenvalue weighted by atomic mass is 10.1. The molecule has 1 heterocycles. The van der Waals surface area contributed by atoms with Crippen LogP contribution in [0, 0.1) is 0 Å². The van der Waals surface area contributed by atoms with Crippen molar-refractivity contribution in [3.8, 4) is 0 Å². The average molecular weight is 399 g/mol. The number of hydrogen-bond donors (Lipinski definition) is 1. The van der Waals surface area contributed by atoms with Crippen LogP contribution < -0.4 is 5.32 Å².